The van der Waals surface area contributed by atoms with Crippen molar-refractivity contribution in [2.24, 2.45) is 5.92 Å². The highest BCUT2D eigenvalue weighted by Crippen LogP contribution is 2.22. The molecule has 0 radical (unpaired) electrons. The van der Waals surface area contributed by atoms with Crippen LogP contribution in [0.5, 0.6) is 0 Å². The molecule has 1 aromatic heterocycles. The molecular weight excluding hydrogens is 360 g/mol. The summed E-state index contributed by atoms with van der Waals surface area (Å²) < 4.78 is 1.86. The van der Waals surface area contributed by atoms with E-state index in [1.807, 2.05) is 59.4 Å². The van der Waals surface area contributed by atoms with Crippen LogP contribution in [0.2, 0.25) is 0 Å². The fourth-order valence-electron chi connectivity index (χ4n) is 3.90. The number of hydrogen-bond acceptors (Lipinski definition) is 3. The predicted molar refractivity (Wildman–Crippen MR) is 116 cm³/mol. The molecule has 1 aliphatic heterocycles. The van der Waals surface area contributed by atoms with E-state index in [2.05, 4.69) is 22.8 Å². The van der Waals surface area contributed by atoms with Gasteiger partial charge in [0, 0.05) is 18.3 Å². The van der Waals surface area contributed by atoms with Crippen LogP contribution in [0.25, 0.3) is 11.3 Å². The van der Waals surface area contributed by atoms with Crippen LogP contribution in [0, 0.1) is 5.92 Å². The molecule has 0 spiro atoms. The molecule has 1 saturated heterocycles. The third-order valence-corrected chi connectivity index (χ3v) is 5.48. The van der Waals surface area contributed by atoms with Crippen molar-refractivity contribution in [2.45, 2.75) is 25.8 Å². The van der Waals surface area contributed by atoms with Crippen molar-refractivity contribution in [2.75, 3.05) is 19.6 Å². The molecule has 29 heavy (non-hydrogen) atoms. The van der Waals surface area contributed by atoms with E-state index in [0.717, 1.165) is 36.3 Å². The number of carbonyl (C=O) groups is 1. The average Bonchev–Trinajstić information content (AvgIpc) is 3.20. The lowest BCUT2D eigenvalue weighted by atomic mass is 9.96. The number of hydrogen-bond donors (Lipinski definition) is 2. The summed E-state index contributed by atoms with van der Waals surface area (Å²) in [5, 5.41) is 11.3. The third kappa shape index (κ3) is 5.12. The van der Waals surface area contributed by atoms with Crippen molar-refractivity contribution < 1.29 is 4.79 Å². The normalized spacial score (nSPS) is 16.5. The zero-order valence-corrected chi connectivity index (χ0v) is 16.7. The van der Waals surface area contributed by atoms with Crippen LogP contribution < -0.4 is 10.6 Å². The number of benzene rings is 2. The Morgan fingerprint density at radius 3 is 2.59 bits per heavy atom. The summed E-state index contributed by atoms with van der Waals surface area (Å²) in [6.07, 6.45) is 5.35. The lowest BCUT2D eigenvalue weighted by molar-refractivity contribution is 0.0951. The molecule has 0 bridgehead atoms. The maximum Gasteiger partial charge on any atom is 0.255 e. The second-order valence-electron chi connectivity index (χ2n) is 7.70. The number of rotatable bonds is 7. The summed E-state index contributed by atoms with van der Waals surface area (Å²) in [5.41, 5.74) is 3.49. The minimum absolute atomic E-state index is 0.0491. The van der Waals surface area contributed by atoms with Crippen LogP contribution >= 0.6 is 0 Å². The second-order valence-corrected chi connectivity index (χ2v) is 7.70. The van der Waals surface area contributed by atoms with Crippen molar-refractivity contribution in [3.05, 3.63) is 78.0 Å². The molecule has 2 aromatic carbocycles. The average molecular weight is 389 g/mol. The van der Waals surface area contributed by atoms with Crippen LogP contribution in [0.4, 0.5) is 0 Å². The van der Waals surface area contributed by atoms with Gasteiger partial charge in [-0.15, -0.1) is 0 Å². The van der Waals surface area contributed by atoms with Crippen LogP contribution in [0.3, 0.4) is 0 Å². The molecule has 0 aliphatic carbocycles. The number of amides is 1. The van der Waals surface area contributed by atoms with Gasteiger partial charge in [0.05, 0.1) is 12.1 Å². The Morgan fingerprint density at radius 1 is 1.10 bits per heavy atom. The molecule has 1 aliphatic rings. The van der Waals surface area contributed by atoms with Gasteiger partial charge in [-0.1, -0.05) is 60.7 Å². The standard InChI is InChI=1S/C24H28N4O/c29-24(26-15-13-19-10-7-14-25-16-19)22-18-28(17-20-8-3-1-4-9-20)27-23(22)21-11-5-2-6-12-21/h1-6,8-9,11-12,18-19,25H,7,10,13-17H2,(H,26,29). The number of aromatic nitrogens is 2. The Balaban J connectivity index is 1.49. The summed E-state index contributed by atoms with van der Waals surface area (Å²) in [6.45, 7) is 3.51. The summed E-state index contributed by atoms with van der Waals surface area (Å²) in [6, 6.07) is 20.1. The lowest BCUT2D eigenvalue weighted by Gasteiger charge is -2.22. The number of nitrogens with one attached hydrogen (secondary N) is 2. The first-order valence-electron chi connectivity index (χ1n) is 10.5. The largest absolute Gasteiger partial charge is 0.352 e. The lowest BCUT2D eigenvalue weighted by Crippen LogP contribution is -2.33. The van der Waals surface area contributed by atoms with E-state index in [1.165, 1.54) is 12.8 Å². The van der Waals surface area contributed by atoms with Gasteiger partial charge in [-0.05, 0) is 43.8 Å². The maximum absolute atomic E-state index is 13.0. The first-order chi connectivity index (χ1) is 14.3. The van der Waals surface area contributed by atoms with Crippen molar-refractivity contribution >= 4 is 5.91 Å². The highest BCUT2D eigenvalue weighted by atomic mass is 16.1. The van der Waals surface area contributed by atoms with Gasteiger partial charge in [-0.2, -0.15) is 5.10 Å². The monoisotopic (exact) mass is 388 g/mol. The second kappa shape index (κ2) is 9.52. The molecule has 2 N–H and O–H groups in total. The molecule has 1 fully saturated rings. The van der Waals surface area contributed by atoms with E-state index in [0.29, 0.717) is 24.6 Å². The molecule has 1 amide bonds. The molecule has 2 heterocycles. The van der Waals surface area contributed by atoms with Gasteiger partial charge in [0.1, 0.15) is 5.69 Å². The van der Waals surface area contributed by atoms with Gasteiger partial charge in [-0.25, -0.2) is 0 Å². The fraction of sp³-hybridized carbons (Fsp3) is 0.333. The number of piperidine rings is 1. The van der Waals surface area contributed by atoms with E-state index in [4.69, 9.17) is 5.10 Å². The maximum atomic E-state index is 13.0. The Morgan fingerprint density at radius 2 is 1.86 bits per heavy atom. The summed E-state index contributed by atoms with van der Waals surface area (Å²) in [4.78, 5) is 13.0. The first kappa shape index (κ1) is 19.4. The van der Waals surface area contributed by atoms with Gasteiger partial charge in [0.2, 0.25) is 0 Å². The Kier molecular flexibility index (Phi) is 6.37. The van der Waals surface area contributed by atoms with Gasteiger partial charge >= 0.3 is 0 Å². The summed E-state index contributed by atoms with van der Waals surface area (Å²) >= 11 is 0. The van der Waals surface area contributed by atoms with Crippen LogP contribution in [0.1, 0.15) is 35.2 Å². The third-order valence-electron chi connectivity index (χ3n) is 5.48. The highest BCUT2D eigenvalue weighted by Gasteiger charge is 2.19. The van der Waals surface area contributed by atoms with Crippen molar-refractivity contribution in [3.8, 4) is 11.3 Å². The Bertz CT molecular complexity index is 915. The molecule has 4 rings (SSSR count). The van der Waals surface area contributed by atoms with Gasteiger partial charge in [-0.3, -0.25) is 9.48 Å². The molecule has 0 saturated carbocycles. The van der Waals surface area contributed by atoms with Crippen molar-refractivity contribution in [1.82, 2.24) is 20.4 Å². The van der Waals surface area contributed by atoms with Gasteiger partial charge in [0.25, 0.3) is 5.91 Å². The minimum Gasteiger partial charge on any atom is -0.352 e. The fourth-order valence-corrected chi connectivity index (χ4v) is 3.90. The molecule has 5 heteroatoms. The van der Waals surface area contributed by atoms with Crippen molar-refractivity contribution in [1.29, 1.82) is 0 Å². The van der Waals surface area contributed by atoms with E-state index >= 15 is 0 Å². The van der Waals surface area contributed by atoms with Crippen LogP contribution in [-0.4, -0.2) is 35.3 Å². The van der Waals surface area contributed by atoms with E-state index in [9.17, 15) is 4.79 Å². The van der Waals surface area contributed by atoms with E-state index in [-0.39, 0.29) is 5.91 Å². The molecule has 1 unspecified atom stereocenters. The summed E-state index contributed by atoms with van der Waals surface area (Å²) in [7, 11) is 0. The topological polar surface area (TPSA) is 59.0 Å². The minimum atomic E-state index is -0.0491. The number of carbonyl (C=O) groups excluding carboxylic acids is 1. The van der Waals surface area contributed by atoms with Gasteiger partial charge < -0.3 is 10.6 Å². The molecule has 150 valence electrons. The SMILES string of the molecule is O=C(NCCC1CCCNC1)c1cn(Cc2ccccc2)nc1-c1ccccc1. The number of nitrogens with zero attached hydrogens (tertiary/aromatic N) is 2. The zero-order chi connectivity index (χ0) is 19.9. The van der Waals surface area contributed by atoms with Crippen LogP contribution in [-0.2, 0) is 6.54 Å². The van der Waals surface area contributed by atoms with E-state index in [1.54, 1.807) is 0 Å². The van der Waals surface area contributed by atoms with E-state index < -0.39 is 0 Å². The zero-order valence-electron chi connectivity index (χ0n) is 16.7. The quantitative estimate of drug-likeness (QED) is 0.649. The molecular formula is C24H28N4O. The summed E-state index contributed by atoms with van der Waals surface area (Å²) in [5.74, 6) is 0.602. The Hall–Kier alpha value is -2.92. The van der Waals surface area contributed by atoms with Gasteiger partial charge in [0.15, 0.2) is 0 Å². The molecule has 1 atom stereocenters. The smallest absolute Gasteiger partial charge is 0.255 e. The van der Waals surface area contributed by atoms with Crippen molar-refractivity contribution in [3.63, 3.8) is 0 Å². The van der Waals surface area contributed by atoms with Crippen LogP contribution in [0.15, 0.2) is 66.9 Å². The molecule has 5 nitrogen and oxygen atoms in total. The predicted octanol–water partition coefficient (Wildman–Crippen LogP) is 3.72. The Labute approximate surface area is 172 Å². The first-order valence-corrected chi connectivity index (χ1v) is 10.5. The highest BCUT2D eigenvalue weighted by molar-refractivity contribution is 5.99. The molecule has 3 aromatic rings.